The number of aryl methyl sites for hydroxylation is 1. The number of amides is 1. The minimum Gasteiger partial charge on any atom is -0.486 e. The van der Waals surface area contributed by atoms with E-state index in [2.05, 4.69) is 10.3 Å². The second-order valence-electron chi connectivity index (χ2n) is 5.76. The number of hydrogen-bond acceptors (Lipinski definition) is 5. The van der Waals surface area contributed by atoms with Crippen molar-refractivity contribution >= 4 is 40.4 Å². The van der Waals surface area contributed by atoms with Crippen molar-refractivity contribution in [2.45, 2.75) is 6.92 Å². The molecule has 0 unspecified atom stereocenters. The molecule has 6 nitrogen and oxygen atoms in total. The highest BCUT2D eigenvalue weighted by molar-refractivity contribution is 6.32. The zero-order valence-corrected chi connectivity index (χ0v) is 14.7. The van der Waals surface area contributed by atoms with E-state index in [1.165, 1.54) is 6.08 Å². The maximum absolute atomic E-state index is 12.2. The van der Waals surface area contributed by atoms with Crippen LogP contribution in [0.3, 0.4) is 0 Å². The number of nitrogens with zero attached hydrogens (tertiary/aromatic N) is 1. The normalized spacial score (nSPS) is 13.3. The largest absolute Gasteiger partial charge is 0.486 e. The first-order chi connectivity index (χ1) is 12.6. The average molecular weight is 371 g/mol. The van der Waals surface area contributed by atoms with Crippen LogP contribution in [0.25, 0.3) is 17.2 Å². The fraction of sp³-hybridized carbons (Fsp3) is 0.158. The summed E-state index contributed by atoms with van der Waals surface area (Å²) in [6.07, 6.45) is 3.10. The van der Waals surface area contributed by atoms with Crippen LogP contribution in [-0.2, 0) is 4.79 Å². The highest BCUT2D eigenvalue weighted by atomic mass is 35.5. The summed E-state index contributed by atoms with van der Waals surface area (Å²) in [5.74, 6) is 1.43. The number of halogens is 1. The Hall–Kier alpha value is -2.99. The van der Waals surface area contributed by atoms with Crippen molar-refractivity contribution in [3.63, 3.8) is 0 Å². The molecule has 0 bridgehead atoms. The number of fused-ring (bicyclic) bond motifs is 2. The third-order valence-corrected chi connectivity index (χ3v) is 4.09. The Kier molecular flexibility index (Phi) is 4.26. The van der Waals surface area contributed by atoms with Gasteiger partial charge in [0.2, 0.25) is 5.91 Å². The second-order valence-corrected chi connectivity index (χ2v) is 6.17. The van der Waals surface area contributed by atoms with Gasteiger partial charge in [0, 0.05) is 18.7 Å². The van der Waals surface area contributed by atoms with E-state index >= 15 is 0 Å². The van der Waals surface area contributed by atoms with Gasteiger partial charge in [0.25, 0.3) is 0 Å². The minimum atomic E-state index is -0.268. The molecule has 0 saturated heterocycles. The molecule has 1 aliphatic rings. The summed E-state index contributed by atoms with van der Waals surface area (Å²) in [7, 11) is 0. The molecule has 1 aliphatic heterocycles. The average Bonchev–Trinajstić information content (AvgIpc) is 2.99. The number of aromatic nitrogens is 1. The van der Waals surface area contributed by atoms with Crippen molar-refractivity contribution in [1.82, 2.24) is 4.98 Å². The summed E-state index contributed by atoms with van der Waals surface area (Å²) in [4.78, 5) is 16.4. The monoisotopic (exact) mass is 370 g/mol. The predicted octanol–water partition coefficient (Wildman–Crippen LogP) is 4.21. The molecular formula is C19H15ClN2O4. The van der Waals surface area contributed by atoms with E-state index in [1.807, 2.05) is 0 Å². The van der Waals surface area contributed by atoms with Crippen LogP contribution in [0.2, 0.25) is 5.02 Å². The smallest absolute Gasteiger partial charge is 0.248 e. The lowest BCUT2D eigenvalue weighted by Gasteiger charge is -2.19. The van der Waals surface area contributed by atoms with Gasteiger partial charge in [-0.2, -0.15) is 0 Å². The number of carbonyl (C=O) groups excluding carboxylic acids is 1. The number of anilines is 1. The molecule has 1 aromatic heterocycles. The third kappa shape index (κ3) is 3.36. The Bertz CT molecular complexity index is 1030. The molecule has 1 N–H and O–H groups in total. The molecule has 7 heteroatoms. The standard InChI is InChI=1S/C19H15ClN2O4/c1-11-21-15-10-13(3-4-16(15)26-11)22-18(23)5-2-12-8-14(20)19-17(9-12)24-6-7-25-19/h2-5,8-10H,6-7H2,1H3,(H,22,23)/b5-2+. The van der Waals surface area contributed by atoms with E-state index < -0.39 is 0 Å². The summed E-state index contributed by atoms with van der Waals surface area (Å²) in [6, 6.07) is 8.81. The van der Waals surface area contributed by atoms with Gasteiger partial charge in [-0.15, -0.1) is 0 Å². The van der Waals surface area contributed by atoms with Gasteiger partial charge in [-0.1, -0.05) is 11.6 Å². The molecule has 0 saturated carbocycles. The maximum atomic E-state index is 12.2. The molecule has 4 rings (SSSR count). The number of carbonyl (C=O) groups is 1. The Labute approximate surface area is 154 Å². The van der Waals surface area contributed by atoms with Crippen LogP contribution in [0.15, 0.2) is 40.8 Å². The van der Waals surface area contributed by atoms with Crippen LogP contribution in [-0.4, -0.2) is 24.1 Å². The zero-order valence-electron chi connectivity index (χ0n) is 13.9. The van der Waals surface area contributed by atoms with Crippen LogP contribution in [0, 0.1) is 6.92 Å². The van der Waals surface area contributed by atoms with Gasteiger partial charge in [0.05, 0.1) is 5.02 Å². The molecule has 1 amide bonds. The Morgan fingerprint density at radius 2 is 2.08 bits per heavy atom. The van der Waals surface area contributed by atoms with Crippen LogP contribution < -0.4 is 14.8 Å². The number of ether oxygens (including phenoxy) is 2. The summed E-state index contributed by atoms with van der Waals surface area (Å²) >= 11 is 6.19. The van der Waals surface area contributed by atoms with E-state index in [9.17, 15) is 4.79 Å². The molecule has 132 valence electrons. The van der Waals surface area contributed by atoms with E-state index in [0.29, 0.717) is 52.4 Å². The molecule has 2 heterocycles. The summed E-state index contributed by atoms with van der Waals surface area (Å²) in [5.41, 5.74) is 2.77. The lowest BCUT2D eigenvalue weighted by molar-refractivity contribution is -0.111. The highest BCUT2D eigenvalue weighted by Crippen LogP contribution is 2.38. The Morgan fingerprint density at radius 3 is 2.96 bits per heavy atom. The molecule has 26 heavy (non-hydrogen) atoms. The number of benzene rings is 2. The quantitative estimate of drug-likeness (QED) is 0.699. The van der Waals surface area contributed by atoms with Gasteiger partial charge in [0.1, 0.15) is 18.7 Å². The first-order valence-electron chi connectivity index (χ1n) is 8.04. The van der Waals surface area contributed by atoms with Gasteiger partial charge in [-0.05, 0) is 42.0 Å². The van der Waals surface area contributed by atoms with Crippen molar-refractivity contribution in [3.8, 4) is 11.5 Å². The van der Waals surface area contributed by atoms with Gasteiger partial charge in [-0.25, -0.2) is 4.98 Å². The first kappa shape index (κ1) is 16.5. The van der Waals surface area contributed by atoms with Crippen LogP contribution in [0.1, 0.15) is 11.5 Å². The Balaban J connectivity index is 1.49. The lowest BCUT2D eigenvalue weighted by Crippen LogP contribution is -2.15. The number of rotatable bonds is 3. The minimum absolute atomic E-state index is 0.268. The Morgan fingerprint density at radius 1 is 1.23 bits per heavy atom. The molecule has 0 atom stereocenters. The molecule has 3 aromatic rings. The predicted molar refractivity (Wildman–Crippen MR) is 98.9 cm³/mol. The first-order valence-corrected chi connectivity index (χ1v) is 8.42. The molecule has 0 spiro atoms. The highest BCUT2D eigenvalue weighted by Gasteiger charge is 2.16. The number of nitrogens with one attached hydrogen (secondary N) is 1. The summed E-state index contributed by atoms with van der Waals surface area (Å²) < 4.78 is 16.4. The third-order valence-electron chi connectivity index (χ3n) is 3.81. The fourth-order valence-corrected chi connectivity index (χ4v) is 2.98. The molecule has 0 fully saturated rings. The van der Waals surface area contributed by atoms with Crippen molar-refractivity contribution in [2.24, 2.45) is 0 Å². The van der Waals surface area contributed by atoms with Gasteiger partial charge in [0.15, 0.2) is 23.0 Å². The maximum Gasteiger partial charge on any atom is 0.248 e. The van der Waals surface area contributed by atoms with E-state index in [-0.39, 0.29) is 5.91 Å². The second kappa shape index (κ2) is 6.72. The topological polar surface area (TPSA) is 73.6 Å². The summed E-state index contributed by atoms with van der Waals surface area (Å²) in [5, 5.41) is 3.25. The van der Waals surface area contributed by atoms with E-state index in [0.717, 1.165) is 5.56 Å². The number of hydrogen-bond donors (Lipinski definition) is 1. The van der Waals surface area contributed by atoms with E-state index in [1.54, 1.807) is 43.3 Å². The molecule has 0 aliphatic carbocycles. The molecule has 0 radical (unpaired) electrons. The van der Waals surface area contributed by atoms with Crippen LogP contribution in [0.4, 0.5) is 5.69 Å². The van der Waals surface area contributed by atoms with Crippen molar-refractivity contribution in [1.29, 1.82) is 0 Å². The van der Waals surface area contributed by atoms with Crippen molar-refractivity contribution < 1.29 is 18.7 Å². The molecular weight excluding hydrogens is 356 g/mol. The van der Waals surface area contributed by atoms with Gasteiger partial charge < -0.3 is 19.2 Å². The van der Waals surface area contributed by atoms with E-state index in [4.69, 9.17) is 25.5 Å². The number of oxazole rings is 1. The SMILES string of the molecule is Cc1nc2cc(NC(=O)/C=C/c3cc(Cl)c4c(c3)OCCO4)ccc2o1. The van der Waals surface area contributed by atoms with Crippen molar-refractivity contribution in [3.05, 3.63) is 52.9 Å². The zero-order chi connectivity index (χ0) is 18.1. The lowest BCUT2D eigenvalue weighted by atomic mass is 10.1. The van der Waals surface area contributed by atoms with Crippen molar-refractivity contribution in [2.75, 3.05) is 18.5 Å². The fourth-order valence-electron chi connectivity index (χ4n) is 2.70. The summed E-state index contributed by atoms with van der Waals surface area (Å²) in [6.45, 7) is 2.72. The van der Waals surface area contributed by atoms with Crippen LogP contribution in [0.5, 0.6) is 11.5 Å². The van der Waals surface area contributed by atoms with Gasteiger partial charge in [-0.3, -0.25) is 4.79 Å². The van der Waals surface area contributed by atoms with Crippen LogP contribution >= 0.6 is 11.6 Å². The molecule has 2 aromatic carbocycles. The van der Waals surface area contributed by atoms with Gasteiger partial charge >= 0.3 is 0 Å².